The maximum atomic E-state index is 13.9. The van der Waals surface area contributed by atoms with Crippen LogP contribution >= 0.6 is 11.6 Å². The van der Waals surface area contributed by atoms with Crippen molar-refractivity contribution in [3.8, 4) is 11.1 Å². The number of hydrogen-bond donors (Lipinski definition) is 4. The summed E-state index contributed by atoms with van der Waals surface area (Å²) in [5.41, 5.74) is 5.16. The Morgan fingerprint density at radius 1 is 1.17 bits per heavy atom. The van der Waals surface area contributed by atoms with Crippen molar-refractivity contribution in [3.63, 3.8) is 0 Å². The summed E-state index contributed by atoms with van der Waals surface area (Å²) < 4.78 is 47.1. The van der Waals surface area contributed by atoms with Crippen molar-refractivity contribution in [1.29, 1.82) is 0 Å². The van der Waals surface area contributed by atoms with Gasteiger partial charge in [-0.2, -0.15) is 18.2 Å². The second-order valence-electron chi connectivity index (χ2n) is 8.27. The molecule has 0 spiro atoms. The minimum Gasteiger partial charge on any atom is -0.381 e. The summed E-state index contributed by atoms with van der Waals surface area (Å²) >= 11 is 6.29. The monoisotopic (exact) mass is 508 g/mol. The standard InChI is InChI=1S/C23H24ClF3N6O2/c24-18-12-16(30-22-31-21(28)32-33-22)11-17(23(25,26)27)20(18)14-2-4-15(5-3-14)29-19(34)6-1-13-7-9-35-10-8-13/h2-5,11-13H,1,6-10H2,(H,29,34)(H4,28,30,31,32,33). The number of carbonyl (C=O) groups is 1. The molecule has 5 N–H and O–H groups in total. The number of halogens is 4. The van der Waals surface area contributed by atoms with Crippen LogP contribution in [-0.2, 0) is 15.7 Å². The molecule has 35 heavy (non-hydrogen) atoms. The number of nitrogens with one attached hydrogen (secondary N) is 3. The van der Waals surface area contributed by atoms with Gasteiger partial charge in [0.1, 0.15) is 0 Å². The summed E-state index contributed by atoms with van der Waals surface area (Å²) in [6, 6.07) is 8.38. The first-order chi connectivity index (χ1) is 16.7. The Kier molecular flexibility index (Phi) is 7.46. The number of amides is 1. The Morgan fingerprint density at radius 2 is 1.89 bits per heavy atom. The predicted molar refractivity (Wildman–Crippen MR) is 127 cm³/mol. The Bertz CT molecular complexity index is 1180. The Morgan fingerprint density at radius 3 is 2.51 bits per heavy atom. The van der Waals surface area contributed by atoms with Gasteiger partial charge < -0.3 is 21.1 Å². The molecule has 1 amide bonds. The van der Waals surface area contributed by atoms with E-state index >= 15 is 0 Å². The van der Waals surface area contributed by atoms with Crippen LogP contribution in [0.3, 0.4) is 0 Å². The number of carbonyl (C=O) groups excluding carboxylic acids is 1. The summed E-state index contributed by atoms with van der Waals surface area (Å²) in [5, 5.41) is 11.5. The Balaban J connectivity index is 1.49. The molecule has 1 saturated heterocycles. The van der Waals surface area contributed by atoms with Crippen LogP contribution in [0, 0.1) is 5.92 Å². The van der Waals surface area contributed by atoms with Gasteiger partial charge in [-0.3, -0.25) is 4.79 Å². The van der Waals surface area contributed by atoms with Crippen molar-refractivity contribution in [2.75, 3.05) is 29.6 Å². The van der Waals surface area contributed by atoms with Crippen LogP contribution in [0.1, 0.15) is 31.2 Å². The normalized spacial score (nSPS) is 14.6. The van der Waals surface area contributed by atoms with Gasteiger partial charge in [0, 0.05) is 36.6 Å². The van der Waals surface area contributed by atoms with Crippen LogP contribution in [0.25, 0.3) is 11.1 Å². The number of H-pyrrole nitrogens is 1. The molecule has 4 rings (SSSR count). The largest absolute Gasteiger partial charge is 0.417 e. The number of nitrogen functional groups attached to an aromatic ring is 1. The number of aromatic nitrogens is 3. The lowest BCUT2D eigenvalue weighted by Crippen LogP contribution is -2.18. The molecular weight excluding hydrogens is 485 g/mol. The zero-order valence-corrected chi connectivity index (χ0v) is 19.3. The molecular formula is C23H24ClF3N6O2. The van der Waals surface area contributed by atoms with E-state index in [0.717, 1.165) is 38.5 Å². The lowest BCUT2D eigenvalue weighted by Gasteiger charge is -2.21. The average Bonchev–Trinajstić information content (AvgIpc) is 3.22. The predicted octanol–water partition coefficient (Wildman–Crippen LogP) is 5.62. The highest BCUT2D eigenvalue weighted by Crippen LogP contribution is 2.43. The van der Waals surface area contributed by atoms with Crippen molar-refractivity contribution in [2.24, 2.45) is 5.92 Å². The smallest absolute Gasteiger partial charge is 0.381 e. The van der Waals surface area contributed by atoms with Crippen LogP contribution < -0.4 is 16.4 Å². The SMILES string of the molecule is Nc1nc(Nc2cc(Cl)c(-c3ccc(NC(=O)CCC4CCOCC4)cc3)c(C(F)(F)F)c2)n[nH]1. The van der Waals surface area contributed by atoms with Crippen molar-refractivity contribution >= 4 is 40.8 Å². The van der Waals surface area contributed by atoms with Crippen molar-refractivity contribution < 1.29 is 22.7 Å². The fourth-order valence-electron chi connectivity index (χ4n) is 3.97. The number of hydrogen-bond acceptors (Lipinski definition) is 6. The van der Waals surface area contributed by atoms with Gasteiger partial charge in [-0.25, -0.2) is 5.10 Å². The van der Waals surface area contributed by atoms with Crippen molar-refractivity contribution in [2.45, 2.75) is 31.9 Å². The highest BCUT2D eigenvalue weighted by molar-refractivity contribution is 6.34. The number of nitrogens with two attached hydrogens (primary N) is 1. The minimum absolute atomic E-state index is 0.0105. The van der Waals surface area contributed by atoms with Gasteiger partial charge in [-0.15, -0.1) is 5.10 Å². The molecule has 0 radical (unpaired) electrons. The molecule has 1 aliphatic rings. The van der Waals surface area contributed by atoms with Crippen LogP contribution in [0.2, 0.25) is 5.02 Å². The van der Waals surface area contributed by atoms with E-state index in [2.05, 4.69) is 25.8 Å². The summed E-state index contributed by atoms with van der Waals surface area (Å²) in [7, 11) is 0. The third-order valence-electron chi connectivity index (χ3n) is 5.73. The van der Waals surface area contributed by atoms with E-state index in [1.54, 1.807) is 12.1 Å². The van der Waals surface area contributed by atoms with Gasteiger partial charge in [0.15, 0.2) is 0 Å². The molecule has 2 aromatic carbocycles. The van der Waals surface area contributed by atoms with E-state index < -0.39 is 11.7 Å². The molecule has 0 atom stereocenters. The Labute approximate surface area is 204 Å². The van der Waals surface area contributed by atoms with E-state index in [0.29, 0.717) is 18.0 Å². The van der Waals surface area contributed by atoms with E-state index in [-0.39, 0.29) is 39.6 Å². The highest BCUT2D eigenvalue weighted by Gasteiger charge is 2.35. The lowest BCUT2D eigenvalue weighted by molar-refractivity contribution is -0.137. The van der Waals surface area contributed by atoms with Crippen LogP contribution in [0.15, 0.2) is 36.4 Å². The van der Waals surface area contributed by atoms with Gasteiger partial charge in [0.05, 0.1) is 10.6 Å². The maximum Gasteiger partial charge on any atom is 0.417 e. The Hall–Kier alpha value is -3.31. The average molecular weight is 509 g/mol. The van der Waals surface area contributed by atoms with Gasteiger partial charge >= 0.3 is 6.18 Å². The minimum atomic E-state index is -4.67. The molecule has 186 valence electrons. The molecule has 1 fully saturated rings. The first kappa shape index (κ1) is 24.8. The lowest BCUT2D eigenvalue weighted by atomic mass is 9.95. The van der Waals surface area contributed by atoms with Crippen LogP contribution in [0.5, 0.6) is 0 Å². The quantitative estimate of drug-likeness (QED) is 0.329. The molecule has 12 heteroatoms. The molecule has 0 saturated carbocycles. The van der Waals surface area contributed by atoms with Gasteiger partial charge in [-0.1, -0.05) is 23.7 Å². The molecule has 3 aromatic rings. The summed E-state index contributed by atoms with van der Waals surface area (Å²) in [4.78, 5) is 16.1. The number of benzene rings is 2. The molecule has 1 aliphatic heterocycles. The van der Waals surface area contributed by atoms with E-state index in [9.17, 15) is 18.0 Å². The summed E-state index contributed by atoms with van der Waals surface area (Å²) in [6.07, 6.45) is -1.62. The molecule has 0 aliphatic carbocycles. The third kappa shape index (κ3) is 6.43. The number of anilines is 4. The zero-order valence-electron chi connectivity index (χ0n) is 18.6. The molecule has 0 unspecified atom stereocenters. The second kappa shape index (κ2) is 10.5. The maximum absolute atomic E-state index is 13.9. The number of rotatable bonds is 7. The fourth-order valence-corrected chi connectivity index (χ4v) is 4.30. The number of ether oxygens (including phenoxy) is 1. The first-order valence-electron chi connectivity index (χ1n) is 11.0. The van der Waals surface area contributed by atoms with E-state index in [4.69, 9.17) is 22.1 Å². The molecule has 0 bridgehead atoms. The first-order valence-corrected chi connectivity index (χ1v) is 11.4. The van der Waals surface area contributed by atoms with Gasteiger partial charge in [0.25, 0.3) is 0 Å². The van der Waals surface area contributed by atoms with Gasteiger partial charge in [0.2, 0.25) is 17.8 Å². The third-order valence-corrected chi connectivity index (χ3v) is 6.03. The van der Waals surface area contributed by atoms with Crippen molar-refractivity contribution in [1.82, 2.24) is 15.2 Å². The number of nitrogens with zero attached hydrogens (tertiary/aromatic N) is 2. The second-order valence-corrected chi connectivity index (χ2v) is 8.67. The van der Waals surface area contributed by atoms with Crippen LogP contribution in [0.4, 0.5) is 36.4 Å². The topological polar surface area (TPSA) is 118 Å². The highest BCUT2D eigenvalue weighted by atomic mass is 35.5. The fraction of sp³-hybridized carbons (Fsp3) is 0.348. The number of alkyl halides is 3. The number of aromatic amines is 1. The zero-order chi connectivity index (χ0) is 25.0. The summed E-state index contributed by atoms with van der Waals surface area (Å²) in [5.74, 6) is 0.359. The molecule has 8 nitrogen and oxygen atoms in total. The van der Waals surface area contributed by atoms with E-state index in [1.165, 1.54) is 18.2 Å². The van der Waals surface area contributed by atoms with Crippen LogP contribution in [-0.4, -0.2) is 34.3 Å². The van der Waals surface area contributed by atoms with Gasteiger partial charge in [-0.05, 0) is 55.0 Å². The van der Waals surface area contributed by atoms with E-state index in [1.807, 2.05) is 0 Å². The van der Waals surface area contributed by atoms with Crippen molar-refractivity contribution in [3.05, 3.63) is 47.0 Å². The summed E-state index contributed by atoms with van der Waals surface area (Å²) in [6.45, 7) is 1.45. The molecule has 1 aromatic heterocycles. The molecule has 2 heterocycles.